The van der Waals surface area contributed by atoms with E-state index < -0.39 is 0 Å². The van der Waals surface area contributed by atoms with Gasteiger partial charge in [-0.15, -0.1) is 0 Å². The lowest BCUT2D eigenvalue weighted by Gasteiger charge is -2.09. The maximum absolute atomic E-state index is 6.07. The van der Waals surface area contributed by atoms with Crippen molar-refractivity contribution >= 4 is 33.3 Å². The van der Waals surface area contributed by atoms with Crippen LogP contribution in [0.3, 0.4) is 0 Å². The third-order valence-corrected chi connectivity index (χ3v) is 4.32. The third-order valence-electron chi connectivity index (χ3n) is 3.40. The number of aryl methyl sites for hydroxylation is 1. The Kier molecular flexibility index (Phi) is 3.74. The predicted molar refractivity (Wildman–Crippen MR) is 91.3 cm³/mol. The first-order valence-electron chi connectivity index (χ1n) is 6.43. The van der Waals surface area contributed by atoms with Gasteiger partial charge in [-0.3, -0.25) is 5.10 Å². The topological polar surface area (TPSA) is 54.7 Å². The predicted octanol–water partition coefficient (Wildman–Crippen LogP) is 5.05. The van der Waals surface area contributed by atoms with Crippen LogP contribution in [0, 0.1) is 6.92 Å². The van der Waals surface area contributed by atoms with E-state index >= 15 is 0 Å². The highest BCUT2D eigenvalue weighted by molar-refractivity contribution is 9.10. The summed E-state index contributed by atoms with van der Waals surface area (Å²) in [6, 6.07) is 13.7. The third kappa shape index (κ3) is 2.57. The second-order valence-electron chi connectivity index (χ2n) is 4.80. The van der Waals surface area contributed by atoms with Crippen LogP contribution in [0.25, 0.3) is 22.4 Å². The molecule has 3 nitrogen and oxygen atoms in total. The lowest BCUT2D eigenvalue weighted by Crippen LogP contribution is -1.91. The highest BCUT2D eigenvalue weighted by Crippen LogP contribution is 2.39. The number of nitrogens with one attached hydrogen (secondary N) is 1. The van der Waals surface area contributed by atoms with Crippen LogP contribution in [0.2, 0.25) is 5.02 Å². The molecule has 0 atom stereocenters. The molecule has 1 heterocycles. The molecule has 1 aromatic heterocycles. The van der Waals surface area contributed by atoms with Crippen molar-refractivity contribution in [3.05, 3.63) is 57.5 Å². The van der Waals surface area contributed by atoms with Crippen LogP contribution in [0.1, 0.15) is 5.56 Å². The molecule has 0 radical (unpaired) electrons. The van der Waals surface area contributed by atoms with Crippen molar-refractivity contribution in [2.24, 2.45) is 0 Å². The zero-order valence-electron chi connectivity index (χ0n) is 11.3. The van der Waals surface area contributed by atoms with E-state index in [0.29, 0.717) is 10.8 Å². The van der Waals surface area contributed by atoms with Gasteiger partial charge < -0.3 is 5.73 Å². The SMILES string of the molecule is Cc1cc(Cl)ccc1-c1[nH]nc(N)c1-c1ccccc1Br. The Bertz CT molecular complexity index is 811. The highest BCUT2D eigenvalue weighted by Gasteiger charge is 2.17. The van der Waals surface area contributed by atoms with E-state index in [0.717, 1.165) is 32.4 Å². The summed E-state index contributed by atoms with van der Waals surface area (Å²) in [6.07, 6.45) is 0. The number of halogens is 2. The number of hydrogen-bond donors (Lipinski definition) is 2. The first-order chi connectivity index (χ1) is 10.1. The van der Waals surface area contributed by atoms with Gasteiger partial charge in [0.15, 0.2) is 5.82 Å². The number of H-pyrrole nitrogens is 1. The van der Waals surface area contributed by atoms with Crippen LogP contribution >= 0.6 is 27.5 Å². The summed E-state index contributed by atoms with van der Waals surface area (Å²) in [6.45, 7) is 2.02. The zero-order chi connectivity index (χ0) is 15.0. The molecule has 0 unspecified atom stereocenters. The number of nitrogens with two attached hydrogens (primary N) is 1. The van der Waals surface area contributed by atoms with Gasteiger partial charge in [0.2, 0.25) is 0 Å². The molecule has 5 heteroatoms. The Balaban J connectivity index is 2.25. The maximum atomic E-state index is 6.07. The molecular weight excluding hydrogens is 350 g/mol. The molecular formula is C16H13BrClN3. The second-order valence-corrected chi connectivity index (χ2v) is 6.09. The standard InChI is InChI=1S/C16H13BrClN3/c1-9-8-10(18)6-7-11(9)15-14(16(19)21-20-15)12-4-2-3-5-13(12)17/h2-8H,1H3,(H3,19,20,21). The molecule has 0 aliphatic carbocycles. The molecule has 3 aromatic rings. The van der Waals surface area contributed by atoms with Crippen molar-refractivity contribution in [2.75, 3.05) is 5.73 Å². The Morgan fingerprint density at radius 3 is 2.62 bits per heavy atom. The number of rotatable bonds is 2. The molecule has 0 bridgehead atoms. The molecule has 0 spiro atoms. The van der Waals surface area contributed by atoms with Crippen LogP contribution in [-0.4, -0.2) is 10.2 Å². The van der Waals surface area contributed by atoms with Gasteiger partial charge in [0.25, 0.3) is 0 Å². The van der Waals surface area contributed by atoms with Crippen molar-refractivity contribution in [2.45, 2.75) is 6.92 Å². The molecule has 0 saturated carbocycles. The van der Waals surface area contributed by atoms with E-state index in [2.05, 4.69) is 26.1 Å². The van der Waals surface area contributed by atoms with Crippen molar-refractivity contribution in [3.63, 3.8) is 0 Å². The fourth-order valence-electron chi connectivity index (χ4n) is 2.40. The van der Waals surface area contributed by atoms with Gasteiger partial charge in [0, 0.05) is 20.6 Å². The van der Waals surface area contributed by atoms with Crippen molar-refractivity contribution in [1.29, 1.82) is 0 Å². The van der Waals surface area contributed by atoms with E-state index in [1.165, 1.54) is 0 Å². The molecule has 106 valence electrons. The fourth-order valence-corrected chi connectivity index (χ4v) is 3.10. The number of hydrogen-bond acceptors (Lipinski definition) is 2. The van der Waals surface area contributed by atoms with Crippen LogP contribution in [0.5, 0.6) is 0 Å². The van der Waals surface area contributed by atoms with Gasteiger partial charge in [-0.2, -0.15) is 5.10 Å². The van der Waals surface area contributed by atoms with Gasteiger partial charge in [-0.05, 0) is 30.7 Å². The van der Waals surface area contributed by atoms with Crippen molar-refractivity contribution in [1.82, 2.24) is 10.2 Å². The first kappa shape index (κ1) is 14.2. The summed E-state index contributed by atoms with van der Waals surface area (Å²) in [5.41, 5.74) is 11.0. The molecule has 0 aliphatic heterocycles. The summed E-state index contributed by atoms with van der Waals surface area (Å²) < 4.78 is 0.978. The summed E-state index contributed by atoms with van der Waals surface area (Å²) in [5, 5.41) is 7.92. The Labute approximate surface area is 136 Å². The molecule has 0 amide bonds. The lowest BCUT2D eigenvalue weighted by atomic mass is 9.98. The van der Waals surface area contributed by atoms with Crippen LogP contribution in [0.15, 0.2) is 46.9 Å². The molecule has 21 heavy (non-hydrogen) atoms. The minimum Gasteiger partial charge on any atom is -0.382 e. The van der Waals surface area contributed by atoms with E-state index in [1.807, 2.05) is 49.4 Å². The minimum atomic E-state index is 0.478. The molecule has 3 rings (SSSR count). The zero-order valence-corrected chi connectivity index (χ0v) is 13.7. The van der Waals surface area contributed by atoms with E-state index in [9.17, 15) is 0 Å². The average molecular weight is 363 g/mol. The molecule has 2 aromatic carbocycles. The number of aromatic amines is 1. The van der Waals surface area contributed by atoms with Gasteiger partial charge >= 0.3 is 0 Å². The highest BCUT2D eigenvalue weighted by atomic mass is 79.9. The van der Waals surface area contributed by atoms with Gasteiger partial charge in [0.05, 0.1) is 11.3 Å². The largest absolute Gasteiger partial charge is 0.382 e. The monoisotopic (exact) mass is 361 g/mol. The number of benzene rings is 2. The average Bonchev–Trinajstić information content (AvgIpc) is 2.81. The second kappa shape index (κ2) is 5.54. The Hall–Kier alpha value is -1.78. The molecule has 0 aliphatic rings. The van der Waals surface area contributed by atoms with Crippen LogP contribution in [-0.2, 0) is 0 Å². The smallest absolute Gasteiger partial charge is 0.153 e. The first-order valence-corrected chi connectivity index (χ1v) is 7.60. The van der Waals surface area contributed by atoms with Crippen molar-refractivity contribution < 1.29 is 0 Å². The maximum Gasteiger partial charge on any atom is 0.153 e. The van der Waals surface area contributed by atoms with Gasteiger partial charge in [-0.1, -0.05) is 51.8 Å². The van der Waals surface area contributed by atoms with Gasteiger partial charge in [-0.25, -0.2) is 0 Å². The number of nitrogens with zero attached hydrogens (tertiary/aromatic N) is 1. The molecule has 3 N–H and O–H groups in total. The number of aromatic nitrogens is 2. The Morgan fingerprint density at radius 1 is 1.14 bits per heavy atom. The lowest BCUT2D eigenvalue weighted by molar-refractivity contribution is 1.10. The van der Waals surface area contributed by atoms with Crippen LogP contribution < -0.4 is 5.73 Å². The fraction of sp³-hybridized carbons (Fsp3) is 0.0625. The van der Waals surface area contributed by atoms with E-state index in [4.69, 9.17) is 17.3 Å². The molecule has 0 fully saturated rings. The van der Waals surface area contributed by atoms with E-state index in [-0.39, 0.29) is 0 Å². The summed E-state index contributed by atoms with van der Waals surface area (Å²) in [4.78, 5) is 0. The number of anilines is 1. The number of nitrogen functional groups attached to an aromatic ring is 1. The van der Waals surface area contributed by atoms with Crippen LogP contribution in [0.4, 0.5) is 5.82 Å². The Morgan fingerprint density at radius 2 is 1.90 bits per heavy atom. The normalized spacial score (nSPS) is 10.8. The minimum absolute atomic E-state index is 0.478. The quantitative estimate of drug-likeness (QED) is 0.670. The van der Waals surface area contributed by atoms with E-state index in [1.54, 1.807) is 0 Å². The summed E-state index contributed by atoms with van der Waals surface area (Å²) in [7, 11) is 0. The summed E-state index contributed by atoms with van der Waals surface area (Å²) >= 11 is 9.60. The summed E-state index contributed by atoms with van der Waals surface area (Å²) in [5.74, 6) is 0.478. The molecule has 0 saturated heterocycles. The van der Waals surface area contributed by atoms with Crippen molar-refractivity contribution in [3.8, 4) is 22.4 Å². The van der Waals surface area contributed by atoms with Gasteiger partial charge in [0.1, 0.15) is 0 Å².